The summed E-state index contributed by atoms with van der Waals surface area (Å²) in [6.07, 6.45) is 0. The third-order valence-electron chi connectivity index (χ3n) is 4.39. The number of nitrogens with one attached hydrogen (secondary N) is 3. The van der Waals surface area contributed by atoms with Gasteiger partial charge in [-0.25, -0.2) is 4.79 Å². The van der Waals surface area contributed by atoms with E-state index in [0.717, 1.165) is 21.8 Å². The minimum absolute atomic E-state index is 0.262. The highest BCUT2D eigenvalue weighted by atomic mass is 16.6. The van der Waals surface area contributed by atoms with Crippen molar-refractivity contribution in [3.05, 3.63) is 59.9 Å². The minimum Gasteiger partial charge on any atom is -0.455 e. The first-order valence-electron chi connectivity index (χ1n) is 9.24. The van der Waals surface area contributed by atoms with E-state index in [4.69, 9.17) is 10.5 Å². The SMILES string of the molecule is CC(C)(C)OC(=O)c1cc2cc(NC(=O)c3cc4cc(N)ccc4[nH]3)ccc2[nH]1. The number of aromatic nitrogens is 2. The zero-order valence-corrected chi connectivity index (χ0v) is 16.4. The molecule has 0 bridgehead atoms. The molecule has 7 nitrogen and oxygen atoms in total. The van der Waals surface area contributed by atoms with E-state index in [2.05, 4.69) is 15.3 Å². The van der Waals surface area contributed by atoms with Crippen molar-refractivity contribution < 1.29 is 14.3 Å². The number of H-pyrrole nitrogens is 2. The molecule has 0 aliphatic rings. The minimum atomic E-state index is -0.572. The molecule has 1 amide bonds. The fourth-order valence-corrected chi connectivity index (χ4v) is 3.13. The molecule has 0 spiro atoms. The number of anilines is 2. The van der Waals surface area contributed by atoms with E-state index < -0.39 is 11.6 Å². The molecule has 2 aromatic heterocycles. The number of nitrogen functional groups attached to an aromatic ring is 1. The summed E-state index contributed by atoms with van der Waals surface area (Å²) in [5.74, 6) is -0.682. The summed E-state index contributed by atoms with van der Waals surface area (Å²) in [5.41, 5.74) is 8.91. The van der Waals surface area contributed by atoms with Gasteiger partial charge in [0.1, 0.15) is 17.0 Å². The average Bonchev–Trinajstić information content (AvgIpc) is 3.23. The fourth-order valence-electron chi connectivity index (χ4n) is 3.13. The number of nitrogens with two attached hydrogens (primary N) is 1. The Morgan fingerprint density at radius 2 is 1.52 bits per heavy atom. The number of rotatable bonds is 3. The predicted octanol–water partition coefficient (Wildman–Crippen LogP) is 4.44. The fraction of sp³-hybridized carbons (Fsp3) is 0.182. The lowest BCUT2D eigenvalue weighted by molar-refractivity contribution is 0.00638. The molecule has 0 unspecified atom stereocenters. The molecule has 2 heterocycles. The van der Waals surface area contributed by atoms with Crippen molar-refractivity contribution in [3.8, 4) is 0 Å². The first kappa shape index (κ1) is 18.6. The second-order valence-electron chi connectivity index (χ2n) is 7.97. The van der Waals surface area contributed by atoms with Crippen molar-refractivity contribution in [3.63, 3.8) is 0 Å². The second kappa shape index (κ2) is 6.70. The van der Waals surface area contributed by atoms with Crippen LogP contribution in [0, 0.1) is 0 Å². The van der Waals surface area contributed by atoms with Gasteiger partial charge < -0.3 is 25.8 Å². The van der Waals surface area contributed by atoms with Gasteiger partial charge in [0.05, 0.1) is 0 Å². The molecule has 148 valence electrons. The second-order valence-corrected chi connectivity index (χ2v) is 7.97. The number of hydrogen-bond donors (Lipinski definition) is 4. The van der Waals surface area contributed by atoms with E-state index in [-0.39, 0.29) is 5.91 Å². The normalized spacial score (nSPS) is 11.7. The lowest BCUT2D eigenvalue weighted by Gasteiger charge is -2.18. The van der Waals surface area contributed by atoms with Gasteiger partial charge in [0, 0.05) is 33.2 Å². The average molecular weight is 390 g/mol. The molecule has 4 aromatic rings. The van der Waals surface area contributed by atoms with Crippen LogP contribution >= 0.6 is 0 Å². The van der Waals surface area contributed by atoms with Gasteiger partial charge in [0.2, 0.25) is 0 Å². The van der Waals surface area contributed by atoms with Crippen molar-refractivity contribution in [2.75, 3.05) is 11.1 Å². The highest BCUT2D eigenvalue weighted by Crippen LogP contribution is 2.23. The van der Waals surface area contributed by atoms with Crippen LogP contribution in [0.4, 0.5) is 11.4 Å². The summed E-state index contributed by atoms with van der Waals surface area (Å²) in [4.78, 5) is 31.0. The monoisotopic (exact) mass is 390 g/mol. The van der Waals surface area contributed by atoms with Crippen LogP contribution in [0.5, 0.6) is 0 Å². The van der Waals surface area contributed by atoms with Crippen molar-refractivity contribution >= 4 is 45.1 Å². The Morgan fingerprint density at radius 3 is 2.24 bits per heavy atom. The number of carbonyl (C=O) groups is 2. The maximum absolute atomic E-state index is 12.6. The highest BCUT2D eigenvalue weighted by molar-refractivity contribution is 6.07. The van der Waals surface area contributed by atoms with Gasteiger partial charge in [0.15, 0.2) is 0 Å². The smallest absolute Gasteiger partial charge is 0.355 e. The number of aromatic amines is 2. The Bertz CT molecular complexity index is 1240. The number of hydrogen-bond acceptors (Lipinski definition) is 4. The van der Waals surface area contributed by atoms with Gasteiger partial charge in [-0.2, -0.15) is 0 Å². The molecule has 2 aromatic carbocycles. The molecule has 0 atom stereocenters. The Hall–Kier alpha value is -3.74. The summed E-state index contributed by atoms with van der Waals surface area (Å²) < 4.78 is 5.39. The van der Waals surface area contributed by atoms with Crippen molar-refractivity contribution in [2.24, 2.45) is 0 Å². The van der Waals surface area contributed by atoms with Crippen LogP contribution in [0.2, 0.25) is 0 Å². The first-order chi connectivity index (χ1) is 13.7. The summed E-state index contributed by atoms with van der Waals surface area (Å²) >= 11 is 0. The third kappa shape index (κ3) is 3.94. The van der Waals surface area contributed by atoms with Crippen molar-refractivity contribution in [1.82, 2.24) is 9.97 Å². The first-order valence-corrected chi connectivity index (χ1v) is 9.24. The Balaban J connectivity index is 1.55. The number of benzene rings is 2. The Kier molecular flexibility index (Phi) is 4.30. The number of amides is 1. The summed E-state index contributed by atoms with van der Waals surface area (Å²) in [6.45, 7) is 5.46. The Morgan fingerprint density at radius 1 is 0.897 bits per heavy atom. The third-order valence-corrected chi connectivity index (χ3v) is 4.39. The van der Waals surface area contributed by atoms with E-state index in [1.165, 1.54) is 0 Å². The number of ether oxygens (including phenoxy) is 1. The topological polar surface area (TPSA) is 113 Å². The quantitative estimate of drug-likeness (QED) is 0.306. The molecule has 4 rings (SSSR count). The molecule has 5 N–H and O–H groups in total. The van der Waals surface area contributed by atoms with Gasteiger partial charge in [0.25, 0.3) is 5.91 Å². The van der Waals surface area contributed by atoms with Gasteiger partial charge >= 0.3 is 5.97 Å². The number of carbonyl (C=O) groups excluding carboxylic acids is 2. The van der Waals surface area contributed by atoms with Crippen LogP contribution in [0.3, 0.4) is 0 Å². The van der Waals surface area contributed by atoms with Crippen LogP contribution in [-0.4, -0.2) is 27.4 Å². The van der Waals surface area contributed by atoms with Gasteiger partial charge in [-0.05, 0) is 69.3 Å². The lowest BCUT2D eigenvalue weighted by atomic mass is 10.2. The van der Waals surface area contributed by atoms with Gasteiger partial charge in [-0.15, -0.1) is 0 Å². The highest BCUT2D eigenvalue weighted by Gasteiger charge is 2.19. The summed E-state index contributed by atoms with van der Waals surface area (Å²) in [5, 5.41) is 4.54. The largest absolute Gasteiger partial charge is 0.455 e. The predicted molar refractivity (Wildman–Crippen MR) is 114 cm³/mol. The molecule has 0 fully saturated rings. The van der Waals surface area contributed by atoms with E-state index >= 15 is 0 Å². The number of esters is 1. The van der Waals surface area contributed by atoms with Crippen LogP contribution < -0.4 is 11.1 Å². The van der Waals surface area contributed by atoms with Crippen LogP contribution in [-0.2, 0) is 4.74 Å². The van der Waals surface area contributed by atoms with Gasteiger partial charge in [-0.1, -0.05) is 0 Å². The molecule has 0 saturated carbocycles. The van der Waals surface area contributed by atoms with E-state index in [0.29, 0.717) is 22.8 Å². The van der Waals surface area contributed by atoms with Gasteiger partial charge in [-0.3, -0.25) is 4.79 Å². The lowest BCUT2D eigenvalue weighted by Crippen LogP contribution is -2.24. The molecule has 0 radical (unpaired) electrons. The Labute approximate surface area is 167 Å². The zero-order chi connectivity index (χ0) is 20.8. The summed E-state index contributed by atoms with van der Waals surface area (Å²) in [7, 11) is 0. The van der Waals surface area contributed by atoms with E-state index in [1.54, 1.807) is 30.3 Å². The molecule has 0 saturated heterocycles. The van der Waals surface area contributed by atoms with E-state index in [9.17, 15) is 9.59 Å². The summed E-state index contributed by atoms with van der Waals surface area (Å²) in [6, 6.07) is 14.3. The maximum Gasteiger partial charge on any atom is 0.355 e. The maximum atomic E-state index is 12.6. The molecule has 0 aliphatic carbocycles. The molecular weight excluding hydrogens is 368 g/mol. The molecule has 7 heteroatoms. The van der Waals surface area contributed by atoms with Crippen LogP contribution in [0.1, 0.15) is 41.7 Å². The molecular formula is C22H22N4O3. The van der Waals surface area contributed by atoms with Crippen molar-refractivity contribution in [1.29, 1.82) is 0 Å². The van der Waals surface area contributed by atoms with E-state index in [1.807, 2.05) is 39.0 Å². The van der Waals surface area contributed by atoms with Crippen LogP contribution in [0.15, 0.2) is 48.5 Å². The van der Waals surface area contributed by atoms with Crippen LogP contribution in [0.25, 0.3) is 21.8 Å². The molecule has 0 aliphatic heterocycles. The zero-order valence-electron chi connectivity index (χ0n) is 16.4. The van der Waals surface area contributed by atoms with Crippen molar-refractivity contribution in [2.45, 2.75) is 26.4 Å². The number of fused-ring (bicyclic) bond motifs is 2. The molecule has 29 heavy (non-hydrogen) atoms. The standard InChI is InChI=1S/C22H22N4O3/c1-22(2,3)29-21(28)19-11-13-9-15(5-7-17(13)26-19)24-20(27)18-10-12-8-14(23)4-6-16(12)25-18/h4-11,25-26H,23H2,1-3H3,(H,24,27).